The van der Waals surface area contributed by atoms with Crippen LogP contribution in [0.2, 0.25) is 0 Å². The van der Waals surface area contributed by atoms with E-state index in [1.54, 1.807) is 6.20 Å². The second-order valence-corrected chi connectivity index (χ2v) is 8.34. The van der Waals surface area contributed by atoms with Crippen molar-refractivity contribution in [3.63, 3.8) is 0 Å². The van der Waals surface area contributed by atoms with Gasteiger partial charge < -0.3 is 0 Å². The van der Waals surface area contributed by atoms with E-state index in [2.05, 4.69) is 41.4 Å². The highest BCUT2D eigenvalue weighted by Gasteiger charge is 2.15. The lowest BCUT2D eigenvalue weighted by atomic mass is 10.0. The molecule has 0 aliphatic carbocycles. The van der Waals surface area contributed by atoms with E-state index in [0.717, 1.165) is 61.4 Å². The van der Waals surface area contributed by atoms with Gasteiger partial charge in [0.25, 0.3) is 0 Å². The Morgan fingerprint density at radius 3 is 2.15 bits per heavy atom. The first-order valence-corrected chi connectivity index (χ1v) is 11.2. The normalized spacial score (nSPS) is 11.2. The van der Waals surface area contributed by atoms with Crippen LogP contribution in [-0.2, 0) is 0 Å². The lowest BCUT2D eigenvalue weighted by Crippen LogP contribution is -1.99. The quantitative estimate of drug-likeness (QED) is 0.291. The molecule has 6 aromatic rings. The summed E-state index contributed by atoms with van der Waals surface area (Å²) in [6, 6.07) is 28.4. The van der Waals surface area contributed by atoms with Crippen molar-refractivity contribution in [2.24, 2.45) is 0 Å². The maximum atomic E-state index is 4.97. The minimum Gasteiger partial charge on any atom is -0.253 e. The number of hydrogen-bond donors (Lipinski definition) is 0. The Morgan fingerprint density at radius 2 is 1.32 bits per heavy atom. The van der Waals surface area contributed by atoms with Crippen molar-refractivity contribution < 1.29 is 0 Å². The number of pyridine rings is 3. The zero-order valence-corrected chi connectivity index (χ0v) is 18.9. The van der Waals surface area contributed by atoms with Crippen LogP contribution >= 0.6 is 0 Å². The lowest BCUT2D eigenvalue weighted by molar-refractivity contribution is 1.14. The lowest BCUT2D eigenvalue weighted by Gasteiger charge is -2.12. The van der Waals surface area contributed by atoms with E-state index < -0.39 is 0 Å². The molecule has 0 spiro atoms. The van der Waals surface area contributed by atoms with Gasteiger partial charge in [-0.1, -0.05) is 54.6 Å². The molecule has 162 valence electrons. The summed E-state index contributed by atoms with van der Waals surface area (Å²) < 4.78 is 0. The summed E-state index contributed by atoms with van der Waals surface area (Å²) in [7, 11) is 0. The first kappa shape index (κ1) is 20.1. The molecule has 2 aromatic carbocycles. The summed E-state index contributed by atoms with van der Waals surface area (Å²) in [4.78, 5) is 24.0. The monoisotopic (exact) mass is 439 g/mol. The zero-order chi connectivity index (χ0) is 23.1. The number of nitrogens with zero attached hydrogens (tertiary/aromatic N) is 5. The molecule has 6 rings (SSSR count). The summed E-state index contributed by atoms with van der Waals surface area (Å²) in [5.41, 5.74) is 8.12. The van der Waals surface area contributed by atoms with E-state index in [1.165, 1.54) is 0 Å². The van der Waals surface area contributed by atoms with Crippen LogP contribution in [0.3, 0.4) is 0 Å². The Morgan fingerprint density at radius 1 is 0.559 bits per heavy atom. The second-order valence-electron chi connectivity index (χ2n) is 8.34. The van der Waals surface area contributed by atoms with Crippen molar-refractivity contribution in [3.05, 3.63) is 103 Å². The fourth-order valence-corrected chi connectivity index (χ4v) is 4.26. The van der Waals surface area contributed by atoms with E-state index in [4.69, 9.17) is 19.9 Å². The van der Waals surface area contributed by atoms with E-state index >= 15 is 0 Å². The number of aryl methyl sites for hydroxylation is 2. The van der Waals surface area contributed by atoms with Crippen molar-refractivity contribution in [1.82, 2.24) is 24.9 Å². The molecular weight excluding hydrogens is 418 g/mol. The topological polar surface area (TPSA) is 64.5 Å². The zero-order valence-electron chi connectivity index (χ0n) is 18.9. The highest BCUT2D eigenvalue weighted by molar-refractivity contribution is 6.08. The first-order valence-electron chi connectivity index (χ1n) is 11.2. The second kappa shape index (κ2) is 8.12. The Labute approximate surface area is 197 Å². The van der Waals surface area contributed by atoms with Gasteiger partial charge in [0.1, 0.15) is 5.69 Å². The number of aromatic nitrogens is 5. The predicted molar refractivity (Wildman–Crippen MR) is 136 cm³/mol. The molecule has 0 aliphatic rings. The largest absolute Gasteiger partial charge is 0.253 e. The number of rotatable bonds is 3. The summed E-state index contributed by atoms with van der Waals surface area (Å²) in [6.07, 6.45) is 1.76. The van der Waals surface area contributed by atoms with Gasteiger partial charge in [-0.3, -0.25) is 15.0 Å². The SMILES string of the molecule is Cc1ccc2ccc3c(-c4cc(-c5ccccc5)nc(-c5ccccn5)n4)cc(C)nc3c2n1. The summed E-state index contributed by atoms with van der Waals surface area (Å²) in [5.74, 6) is 0.592. The molecule has 0 atom stereocenters. The minimum atomic E-state index is 0.592. The van der Waals surface area contributed by atoms with Crippen LogP contribution in [-0.4, -0.2) is 24.9 Å². The van der Waals surface area contributed by atoms with Crippen molar-refractivity contribution in [3.8, 4) is 34.0 Å². The Hall–Kier alpha value is -4.51. The third-order valence-corrected chi connectivity index (χ3v) is 5.87. The third-order valence-electron chi connectivity index (χ3n) is 5.87. The predicted octanol–water partition coefficient (Wildman–Crippen LogP) is 6.59. The molecular formula is C29H21N5. The maximum absolute atomic E-state index is 4.97. The molecule has 0 amide bonds. The molecule has 0 saturated heterocycles. The number of hydrogen-bond acceptors (Lipinski definition) is 5. The molecule has 34 heavy (non-hydrogen) atoms. The van der Waals surface area contributed by atoms with Gasteiger partial charge in [-0.05, 0) is 44.2 Å². The van der Waals surface area contributed by atoms with Crippen LogP contribution in [0.5, 0.6) is 0 Å². The molecule has 5 heteroatoms. The highest BCUT2D eigenvalue weighted by atomic mass is 14.9. The molecule has 4 heterocycles. The maximum Gasteiger partial charge on any atom is 0.179 e. The van der Waals surface area contributed by atoms with Gasteiger partial charge in [0, 0.05) is 39.5 Å². The molecule has 5 nitrogen and oxygen atoms in total. The molecule has 0 radical (unpaired) electrons. The Bertz CT molecular complexity index is 1600. The molecule has 0 N–H and O–H groups in total. The fraction of sp³-hybridized carbons (Fsp3) is 0.0690. The molecule has 4 aromatic heterocycles. The minimum absolute atomic E-state index is 0.592. The number of benzene rings is 2. The smallest absolute Gasteiger partial charge is 0.179 e. The van der Waals surface area contributed by atoms with Gasteiger partial charge in [-0.15, -0.1) is 0 Å². The van der Waals surface area contributed by atoms with Crippen LogP contribution in [0.1, 0.15) is 11.4 Å². The van der Waals surface area contributed by atoms with E-state index in [9.17, 15) is 0 Å². The average molecular weight is 440 g/mol. The van der Waals surface area contributed by atoms with Gasteiger partial charge >= 0.3 is 0 Å². The third kappa shape index (κ3) is 3.57. The fourth-order valence-electron chi connectivity index (χ4n) is 4.26. The molecule has 0 aliphatic heterocycles. The summed E-state index contributed by atoms with van der Waals surface area (Å²) >= 11 is 0. The average Bonchev–Trinajstić information content (AvgIpc) is 2.89. The standard InChI is InChI=1S/C29H21N5/c1-18-11-12-21-13-14-22-23(16-19(2)32-28(22)27(21)31-18)26-17-25(20-8-4-3-5-9-20)33-29(34-26)24-10-6-7-15-30-24/h3-17H,1-2H3. The van der Waals surface area contributed by atoms with Crippen LogP contribution in [0.15, 0.2) is 91.1 Å². The van der Waals surface area contributed by atoms with E-state index in [1.807, 2.05) is 62.4 Å². The first-order chi connectivity index (χ1) is 16.7. The van der Waals surface area contributed by atoms with Crippen LogP contribution in [0.25, 0.3) is 55.8 Å². The molecule has 0 saturated carbocycles. The van der Waals surface area contributed by atoms with Crippen LogP contribution in [0.4, 0.5) is 0 Å². The van der Waals surface area contributed by atoms with Gasteiger partial charge in [-0.25, -0.2) is 9.97 Å². The van der Waals surface area contributed by atoms with Gasteiger partial charge in [0.2, 0.25) is 0 Å². The highest BCUT2D eigenvalue weighted by Crippen LogP contribution is 2.34. The van der Waals surface area contributed by atoms with Crippen molar-refractivity contribution in [1.29, 1.82) is 0 Å². The summed E-state index contributed by atoms with van der Waals surface area (Å²) in [6.45, 7) is 4.02. The van der Waals surface area contributed by atoms with Crippen LogP contribution < -0.4 is 0 Å². The van der Waals surface area contributed by atoms with Crippen molar-refractivity contribution in [2.75, 3.05) is 0 Å². The van der Waals surface area contributed by atoms with Crippen molar-refractivity contribution in [2.45, 2.75) is 13.8 Å². The van der Waals surface area contributed by atoms with Gasteiger partial charge in [0.05, 0.1) is 22.4 Å². The molecule has 0 unspecified atom stereocenters. The molecule has 0 fully saturated rings. The van der Waals surface area contributed by atoms with Crippen molar-refractivity contribution >= 4 is 21.8 Å². The number of fused-ring (bicyclic) bond motifs is 3. The van der Waals surface area contributed by atoms with E-state index in [-0.39, 0.29) is 0 Å². The van der Waals surface area contributed by atoms with Gasteiger partial charge in [-0.2, -0.15) is 0 Å². The summed E-state index contributed by atoms with van der Waals surface area (Å²) in [5, 5.41) is 2.09. The molecule has 0 bridgehead atoms. The van der Waals surface area contributed by atoms with Gasteiger partial charge in [0.15, 0.2) is 5.82 Å². The van der Waals surface area contributed by atoms with Crippen LogP contribution in [0, 0.1) is 13.8 Å². The Balaban J connectivity index is 1.66. The van der Waals surface area contributed by atoms with E-state index in [0.29, 0.717) is 5.82 Å². The Kier molecular flexibility index (Phi) is 4.81.